The van der Waals surface area contributed by atoms with Crippen LogP contribution < -0.4 is 19.4 Å². The first-order chi connectivity index (χ1) is 14.9. The summed E-state index contributed by atoms with van der Waals surface area (Å²) >= 11 is 0. The molecule has 31 heavy (non-hydrogen) atoms. The molecule has 1 aliphatic heterocycles. The van der Waals surface area contributed by atoms with E-state index in [9.17, 15) is 9.59 Å². The second-order valence-electron chi connectivity index (χ2n) is 7.57. The maximum atomic E-state index is 13.2. The number of carboxylic acids is 1. The minimum atomic E-state index is -0.897. The van der Waals surface area contributed by atoms with E-state index in [2.05, 4.69) is 30.6 Å². The van der Waals surface area contributed by atoms with Crippen LogP contribution in [0.15, 0.2) is 36.4 Å². The van der Waals surface area contributed by atoms with Crippen LogP contribution in [0.5, 0.6) is 11.5 Å². The Kier molecular flexibility index (Phi) is 7.05. The van der Waals surface area contributed by atoms with Crippen molar-refractivity contribution >= 4 is 34.6 Å². The maximum absolute atomic E-state index is 13.2. The lowest BCUT2D eigenvalue weighted by atomic mass is 10.1. The molecule has 1 aliphatic rings. The predicted octanol–water partition coefficient (Wildman–Crippen LogP) is 5.01. The summed E-state index contributed by atoms with van der Waals surface area (Å²) in [6.45, 7) is 8.86. The Labute approximate surface area is 183 Å². The smallest absolute Gasteiger partial charge is 0.303 e. The lowest BCUT2D eigenvalue weighted by Crippen LogP contribution is -2.29. The van der Waals surface area contributed by atoms with Crippen molar-refractivity contribution in [2.75, 3.05) is 41.4 Å². The fourth-order valence-corrected chi connectivity index (χ4v) is 3.76. The molecule has 1 N–H and O–H groups in total. The second-order valence-corrected chi connectivity index (χ2v) is 7.57. The molecule has 0 aromatic heterocycles. The number of carbonyl (C=O) groups excluding carboxylic acids is 1. The third-order valence-electron chi connectivity index (χ3n) is 5.66. The number of nitrogens with zero attached hydrogens (tertiary/aromatic N) is 3. The van der Waals surface area contributed by atoms with Gasteiger partial charge in [0, 0.05) is 63.0 Å². The number of hydrogen-bond acceptors (Lipinski definition) is 5. The number of ether oxygens (including phenoxy) is 1. The molecular formula is C24H31N3O4. The van der Waals surface area contributed by atoms with Crippen molar-refractivity contribution in [2.24, 2.45) is 0 Å². The van der Waals surface area contributed by atoms with Crippen LogP contribution in [-0.2, 0) is 9.59 Å². The number of rotatable bonds is 9. The van der Waals surface area contributed by atoms with Gasteiger partial charge >= 0.3 is 5.97 Å². The summed E-state index contributed by atoms with van der Waals surface area (Å²) in [6.07, 6.45) is 0.418. The van der Waals surface area contributed by atoms with Gasteiger partial charge in [-0.2, -0.15) is 0 Å². The molecule has 3 rings (SSSR count). The molecule has 2 aromatic rings. The highest BCUT2D eigenvalue weighted by Gasteiger charge is 2.30. The van der Waals surface area contributed by atoms with Crippen molar-refractivity contribution in [3.8, 4) is 11.5 Å². The molecule has 0 atom stereocenters. The number of amides is 1. The van der Waals surface area contributed by atoms with E-state index in [1.165, 1.54) is 0 Å². The van der Waals surface area contributed by atoms with Crippen LogP contribution in [0, 0.1) is 0 Å². The van der Waals surface area contributed by atoms with Crippen molar-refractivity contribution in [3.63, 3.8) is 0 Å². The van der Waals surface area contributed by atoms with E-state index < -0.39 is 5.97 Å². The van der Waals surface area contributed by atoms with Gasteiger partial charge in [0.25, 0.3) is 0 Å². The SMILES string of the molecule is CCN(C)c1ccc2c(c1)Oc1cc(N(CC)CC)ccc1N2C(=O)CCCC(=O)O. The molecule has 2 aromatic carbocycles. The van der Waals surface area contributed by atoms with Crippen LogP contribution in [0.3, 0.4) is 0 Å². The topological polar surface area (TPSA) is 73.3 Å². The summed E-state index contributed by atoms with van der Waals surface area (Å²) in [7, 11) is 2.01. The third-order valence-corrected chi connectivity index (χ3v) is 5.66. The van der Waals surface area contributed by atoms with Gasteiger partial charge in [-0.3, -0.25) is 14.5 Å². The molecule has 0 spiro atoms. The second kappa shape index (κ2) is 9.73. The Morgan fingerprint density at radius 3 is 2.03 bits per heavy atom. The Morgan fingerprint density at radius 2 is 1.48 bits per heavy atom. The highest BCUT2D eigenvalue weighted by atomic mass is 16.5. The van der Waals surface area contributed by atoms with Crippen LogP contribution in [-0.4, -0.2) is 43.7 Å². The van der Waals surface area contributed by atoms with E-state index in [1.54, 1.807) is 4.90 Å². The zero-order valence-electron chi connectivity index (χ0n) is 18.7. The van der Waals surface area contributed by atoms with E-state index in [-0.39, 0.29) is 18.7 Å². The van der Waals surface area contributed by atoms with E-state index >= 15 is 0 Å². The highest BCUT2D eigenvalue weighted by Crippen LogP contribution is 2.49. The summed E-state index contributed by atoms with van der Waals surface area (Å²) < 4.78 is 6.27. The van der Waals surface area contributed by atoms with Crippen molar-refractivity contribution in [1.29, 1.82) is 0 Å². The first-order valence-corrected chi connectivity index (χ1v) is 10.9. The molecular weight excluding hydrogens is 394 g/mol. The molecule has 0 aliphatic carbocycles. The molecule has 0 fully saturated rings. The molecule has 1 amide bonds. The molecule has 0 bridgehead atoms. The molecule has 7 heteroatoms. The summed E-state index contributed by atoms with van der Waals surface area (Å²) in [4.78, 5) is 30.0. The van der Waals surface area contributed by atoms with Gasteiger partial charge in [0.15, 0.2) is 11.5 Å². The average Bonchev–Trinajstić information content (AvgIpc) is 2.76. The molecule has 1 heterocycles. The zero-order chi connectivity index (χ0) is 22.5. The lowest BCUT2D eigenvalue weighted by Gasteiger charge is -2.33. The van der Waals surface area contributed by atoms with Crippen LogP contribution in [0.1, 0.15) is 40.0 Å². The molecule has 166 valence electrons. The fraction of sp³-hybridized carbons (Fsp3) is 0.417. The van der Waals surface area contributed by atoms with Gasteiger partial charge < -0.3 is 19.6 Å². The summed E-state index contributed by atoms with van der Waals surface area (Å²) in [5.74, 6) is 0.208. The van der Waals surface area contributed by atoms with E-state index in [0.29, 0.717) is 29.3 Å². The van der Waals surface area contributed by atoms with Gasteiger partial charge in [0.05, 0.1) is 11.4 Å². The minimum absolute atomic E-state index is 0.0308. The Bertz CT molecular complexity index is 956. The summed E-state index contributed by atoms with van der Waals surface area (Å²) in [5, 5.41) is 8.93. The third kappa shape index (κ3) is 4.76. The molecule has 0 radical (unpaired) electrons. The van der Waals surface area contributed by atoms with Crippen molar-refractivity contribution in [3.05, 3.63) is 36.4 Å². The Morgan fingerprint density at radius 1 is 0.903 bits per heavy atom. The Balaban J connectivity index is 2.03. The number of hydrogen-bond donors (Lipinski definition) is 1. The number of carboxylic acid groups (broad SMARTS) is 1. The van der Waals surface area contributed by atoms with E-state index in [1.807, 2.05) is 43.4 Å². The van der Waals surface area contributed by atoms with Crippen molar-refractivity contribution < 1.29 is 19.4 Å². The maximum Gasteiger partial charge on any atom is 0.303 e. The number of carbonyl (C=O) groups is 2. The molecule has 0 unspecified atom stereocenters. The number of aliphatic carboxylic acids is 1. The van der Waals surface area contributed by atoms with Crippen LogP contribution in [0.2, 0.25) is 0 Å². The molecule has 7 nitrogen and oxygen atoms in total. The van der Waals surface area contributed by atoms with Gasteiger partial charge in [0.1, 0.15) is 0 Å². The monoisotopic (exact) mass is 425 g/mol. The van der Waals surface area contributed by atoms with Crippen molar-refractivity contribution in [1.82, 2.24) is 0 Å². The van der Waals surface area contributed by atoms with Crippen molar-refractivity contribution in [2.45, 2.75) is 40.0 Å². The molecule has 0 saturated carbocycles. The first-order valence-electron chi connectivity index (χ1n) is 10.9. The zero-order valence-corrected chi connectivity index (χ0v) is 18.7. The van der Waals surface area contributed by atoms with Crippen LogP contribution >= 0.6 is 0 Å². The van der Waals surface area contributed by atoms with E-state index in [0.717, 1.165) is 31.0 Å². The standard InChI is InChI=1S/C24H31N3O4/c1-5-25(4)17-11-13-19-21(15-17)31-22-16-18(26(6-2)7-3)12-14-20(22)27(19)23(28)9-8-10-24(29)30/h11-16H,5-10H2,1-4H3,(H,29,30). The predicted molar refractivity (Wildman–Crippen MR) is 124 cm³/mol. The number of fused-ring (bicyclic) bond motifs is 2. The average molecular weight is 426 g/mol. The van der Waals surface area contributed by atoms with Crippen LogP contribution in [0.25, 0.3) is 0 Å². The van der Waals surface area contributed by atoms with Gasteiger partial charge in [-0.15, -0.1) is 0 Å². The number of benzene rings is 2. The fourth-order valence-electron chi connectivity index (χ4n) is 3.76. The number of anilines is 4. The molecule has 0 saturated heterocycles. The largest absolute Gasteiger partial charge is 0.481 e. The van der Waals surface area contributed by atoms with Gasteiger partial charge in [-0.1, -0.05) is 0 Å². The van der Waals surface area contributed by atoms with E-state index in [4.69, 9.17) is 9.84 Å². The van der Waals surface area contributed by atoms with Gasteiger partial charge in [0.2, 0.25) is 5.91 Å². The normalized spacial score (nSPS) is 11.9. The Hall–Kier alpha value is -3.22. The summed E-state index contributed by atoms with van der Waals surface area (Å²) in [6, 6.07) is 11.7. The quantitative estimate of drug-likeness (QED) is 0.609. The van der Waals surface area contributed by atoms with Crippen LogP contribution in [0.4, 0.5) is 22.7 Å². The first kappa shape index (κ1) is 22.5. The van der Waals surface area contributed by atoms with Gasteiger partial charge in [-0.25, -0.2) is 0 Å². The summed E-state index contributed by atoms with van der Waals surface area (Å²) in [5.41, 5.74) is 3.40. The lowest BCUT2D eigenvalue weighted by molar-refractivity contribution is -0.137. The highest BCUT2D eigenvalue weighted by molar-refractivity contribution is 6.05. The minimum Gasteiger partial charge on any atom is -0.481 e. The van der Waals surface area contributed by atoms with Gasteiger partial charge in [-0.05, 0) is 51.5 Å².